The second-order valence-corrected chi connectivity index (χ2v) is 4.24. The molecule has 19 heavy (non-hydrogen) atoms. The van der Waals surface area contributed by atoms with E-state index in [0.717, 1.165) is 16.7 Å². The highest BCUT2D eigenvalue weighted by atomic mass is 16.2. The van der Waals surface area contributed by atoms with Gasteiger partial charge < -0.3 is 4.90 Å². The minimum Gasteiger partial charge on any atom is -0.339 e. The van der Waals surface area contributed by atoms with Gasteiger partial charge in [-0.05, 0) is 43.7 Å². The van der Waals surface area contributed by atoms with E-state index >= 15 is 0 Å². The standard InChI is InChI=1S/C13H17N5O/c1-4-18(5-2)13(19)11-7-6-10(8-9(11)3)12-14-16-17-15-12/h6-8H,4-5H2,1-3H3,(H,14,15,16,17). The van der Waals surface area contributed by atoms with Crippen molar-refractivity contribution in [1.29, 1.82) is 0 Å². The first-order chi connectivity index (χ1) is 9.17. The molecule has 0 atom stereocenters. The minimum atomic E-state index is 0.0576. The number of aromatic amines is 1. The lowest BCUT2D eigenvalue weighted by atomic mass is 10.0. The number of carbonyl (C=O) groups excluding carboxylic acids is 1. The Bertz CT molecular complexity index is 560. The molecular formula is C13H17N5O. The van der Waals surface area contributed by atoms with Gasteiger partial charge in [-0.2, -0.15) is 5.21 Å². The van der Waals surface area contributed by atoms with E-state index in [9.17, 15) is 4.79 Å². The third-order valence-electron chi connectivity index (χ3n) is 3.11. The van der Waals surface area contributed by atoms with Crippen LogP contribution in [0.5, 0.6) is 0 Å². The Balaban J connectivity index is 2.32. The highest BCUT2D eigenvalue weighted by molar-refractivity contribution is 5.96. The van der Waals surface area contributed by atoms with E-state index < -0.39 is 0 Å². The van der Waals surface area contributed by atoms with E-state index in [4.69, 9.17) is 0 Å². The number of hydrogen-bond donors (Lipinski definition) is 1. The van der Waals surface area contributed by atoms with E-state index in [1.807, 2.05) is 39.0 Å². The van der Waals surface area contributed by atoms with E-state index in [0.29, 0.717) is 18.9 Å². The number of benzene rings is 1. The lowest BCUT2D eigenvalue weighted by molar-refractivity contribution is 0.0772. The van der Waals surface area contributed by atoms with Gasteiger partial charge in [0.15, 0.2) is 0 Å². The molecule has 0 spiro atoms. The third kappa shape index (κ3) is 2.62. The van der Waals surface area contributed by atoms with Gasteiger partial charge >= 0.3 is 0 Å². The molecule has 100 valence electrons. The molecule has 0 bridgehead atoms. The van der Waals surface area contributed by atoms with E-state index in [1.54, 1.807) is 4.90 Å². The van der Waals surface area contributed by atoms with Crippen molar-refractivity contribution < 1.29 is 4.79 Å². The van der Waals surface area contributed by atoms with E-state index in [-0.39, 0.29) is 5.91 Å². The number of rotatable bonds is 4. The van der Waals surface area contributed by atoms with Gasteiger partial charge in [-0.3, -0.25) is 4.79 Å². The van der Waals surface area contributed by atoms with E-state index in [2.05, 4.69) is 20.6 Å². The Labute approximate surface area is 111 Å². The van der Waals surface area contributed by atoms with Gasteiger partial charge in [0.1, 0.15) is 0 Å². The third-order valence-corrected chi connectivity index (χ3v) is 3.11. The fourth-order valence-corrected chi connectivity index (χ4v) is 2.01. The van der Waals surface area contributed by atoms with Crippen LogP contribution < -0.4 is 0 Å². The van der Waals surface area contributed by atoms with E-state index in [1.165, 1.54) is 0 Å². The normalized spacial score (nSPS) is 10.5. The van der Waals surface area contributed by atoms with Crippen molar-refractivity contribution >= 4 is 5.91 Å². The van der Waals surface area contributed by atoms with Gasteiger partial charge in [0, 0.05) is 24.2 Å². The molecule has 0 aliphatic heterocycles. The van der Waals surface area contributed by atoms with Crippen LogP contribution in [0.3, 0.4) is 0 Å². The zero-order valence-electron chi connectivity index (χ0n) is 11.3. The summed E-state index contributed by atoms with van der Waals surface area (Å²) < 4.78 is 0. The Morgan fingerprint density at radius 2 is 2.05 bits per heavy atom. The zero-order valence-corrected chi connectivity index (χ0v) is 11.3. The lowest BCUT2D eigenvalue weighted by Crippen LogP contribution is -2.30. The Morgan fingerprint density at radius 3 is 2.58 bits per heavy atom. The molecular weight excluding hydrogens is 242 g/mol. The Kier molecular flexibility index (Phi) is 3.89. The summed E-state index contributed by atoms with van der Waals surface area (Å²) in [7, 11) is 0. The number of hydrogen-bond acceptors (Lipinski definition) is 4. The fraction of sp³-hybridized carbons (Fsp3) is 0.385. The Hall–Kier alpha value is -2.24. The topological polar surface area (TPSA) is 74.8 Å². The molecule has 0 unspecified atom stereocenters. The molecule has 0 aliphatic rings. The maximum Gasteiger partial charge on any atom is 0.254 e. The average Bonchev–Trinajstić information content (AvgIpc) is 2.93. The highest BCUT2D eigenvalue weighted by Crippen LogP contribution is 2.19. The van der Waals surface area contributed by atoms with Crippen molar-refractivity contribution in [3.63, 3.8) is 0 Å². The number of H-pyrrole nitrogens is 1. The van der Waals surface area contributed by atoms with Gasteiger partial charge in [-0.15, -0.1) is 10.2 Å². The number of nitrogens with one attached hydrogen (secondary N) is 1. The molecule has 0 saturated carbocycles. The molecule has 1 N–H and O–H groups in total. The number of carbonyl (C=O) groups is 1. The first-order valence-corrected chi connectivity index (χ1v) is 6.31. The van der Waals surface area contributed by atoms with Crippen LogP contribution in [0, 0.1) is 6.92 Å². The van der Waals surface area contributed by atoms with Gasteiger partial charge in [0.2, 0.25) is 5.82 Å². The van der Waals surface area contributed by atoms with Crippen LogP contribution in [0.4, 0.5) is 0 Å². The largest absolute Gasteiger partial charge is 0.339 e. The van der Waals surface area contributed by atoms with Crippen molar-refractivity contribution in [2.45, 2.75) is 20.8 Å². The molecule has 6 heteroatoms. The van der Waals surface area contributed by atoms with Crippen LogP contribution in [0.2, 0.25) is 0 Å². The second kappa shape index (κ2) is 5.60. The van der Waals surface area contributed by atoms with Crippen LogP contribution in [-0.2, 0) is 0 Å². The summed E-state index contributed by atoms with van der Waals surface area (Å²) in [6, 6.07) is 5.57. The number of tetrazole rings is 1. The van der Waals surface area contributed by atoms with Crippen molar-refractivity contribution in [2.75, 3.05) is 13.1 Å². The quantitative estimate of drug-likeness (QED) is 0.906. The molecule has 0 aliphatic carbocycles. The smallest absolute Gasteiger partial charge is 0.254 e. The summed E-state index contributed by atoms with van der Waals surface area (Å²) in [6.07, 6.45) is 0. The molecule has 1 aromatic heterocycles. The summed E-state index contributed by atoms with van der Waals surface area (Å²) in [5.41, 5.74) is 2.48. The average molecular weight is 259 g/mol. The SMILES string of the molecule is CCN(CC)C(=O)c1ccc(-c2nn[nH]n2)cc1C. The fourth-order valence-electron chi connectivity index (χ4n) is 2.01. The monoisotopic (exact) mass is 259 g/mol. The number of aromatic nitrogens is 4. The molecule has 6 nitrogen and oxygen atoms in total. The number of aryl methyl sites for hydroxylation is 1. The first kappa shape index (κ1) is 13.2. The van der Waals surface area contributed by atoms with Crippen LogP contribution in [0.15, 0.2) is 18.2 Å². The summed E-state index contributed by atoms with van der Waals surface area (Å²) in [4.78, 5) is 14.1. The van der Waals surface area contributed by atoms with Crippen LogP contribution in [-0.4, -0.2) is 44.5 Å². The predicted molar refractivity (Wildman–Crippen MR) is 71.6 cm³/mol. The highest BCUT2D eigenvalue weighted by Gasteiger charge is 2.15. The summed E-state index contributed by atoms with van der Waals surface area (Å²) in [5.74, 6) is 0.590. The van der Waals surface area contributed by atoms with Crippen LogP contribution >= 0.6 is 0 Å². The van der Waals surface area contributed by atoms with Crippen molar-refractivity contribution in [2.24, 2.45) is 0 Å². The molecule has 0 radical (unpaired) electrons. The zero-order chi connectivity index (χ0) is 13.8. The van der Waals surface area contributed by atoms with Crippen LogP contribution in [0.1, 0.15) is 29.8 Å². The first-order valence-electron chi connectivity index (χ1n) is 6.31. The Morgan fingerprint density at radius 1 is 1.32 bits per heavy atom. The summed E-state index contributed by atoms with van der Waals surface area (Å²) in [6.45, 7) is 7.29. The van der Waals surface area contributed by atoms with Crippen molar-refractivity contribution in [1.82, 2.24) is 25.5 Å². The molecule has 1 amide bonds. The van der Waals surface area contributed by atoms with Gasteiger partial charge in [0.25, 0.3) is 5.91 Å². The molecule has 1 heterocycles. The van der Waals surface area contributed by atoms with Gasteiger partial charge in [0.05, 0.1) is 0 Å². The number of amides is 1. The summed E-state index contributed by atoms with van der Waals surface area (Å²) >= 11 is 0. The van der Waals surface area contributed by atoms with Crippen molar-refractivity contribution in [3.8, 4) is 11.4 Å². The molecule has 0 fully saturated rings. The predicted octanol–water partition coefficient (Wildman–Crippen LogP) is 1.66. The molecule has 2 aromatic rings. The van der Waals surface area contributed by atoms with Crippen molar-refractivity contribution in [3.05, 3.63) is 29.3 Å². The maximum absolute atomic E-state index is 12.3. The van der Waals surface area contributed by atoms with Gasteiger partial charge in [-0.1, -0.05) is 6.07 Å². The molecule has 0 saturated heterocycles. The molecule has 2 rings (SSSR count). The number of nitrogens with zero attached hydrogens (tertiary/aromatic N) is 4. The maximum atomic E-state index is 12.3. The van der Waals surface area contributed by atoms with Gasteiger partial charge in [-0.25, -0.2) is 0 Å². The van der Waals surface area contributed by atoms with Crippen LogP contribution in [0.25, 0.3) is 11.4 Å². The molecule has 1 aromatic carbocycles. The minimum absolute atomic E-state index is 0.0576. The summed E-state index contributed by atoms with van der Waals surface area (Å²) in [5, 5.41) is 13.8. The second-order valence-electron chi connectivity index (χ2n) is 4.24. The lowest BCUT2D eigenvalue weighted by Gasteiger charge is -2.19.